The maximum absolute atomic E-state index is 12.4. The van der Waals surface area contributed by atoms with Crippen LogP contribution < -0.4 is 0 Å². The van der Waals surface area contributed by atoms with Gasteiger partial charge in [0.2, 0.25) is 0 Å². The molecule has 3 nitrogen and oxygen atoms in total. The van der Waals surface area contributed by atoms with Crippen LogP contribution in [0.2, 0.25) is 10.0 Å². The summed E-state index contributed by atoms with van der Waals surface area (Å²) in [6, 6.07) is 7.18. The van der Waals surface area contributed by atoms with E-state index in [9.17, 15) is 4.79 Å². The maximum Gasteiger partial charge on any atom is 0.255 e. The standard InChI is InChI=1S/C14H14Cl2N2O/c1-14(9-17)4-6-18(7-5-14)13(19)11-8-10(15)2-3-12(11)16/h2-3,8H,4-7H2,1H3. The molecule has 0 unspecified atom stereocenters. The number of hydrogen-bond donors (Lipinski definition) is 0. The molecule has 1 aliphatic heterocycles. The van der Waals surface area contributed by atoms with E-state index in [1.807, 2.05) is 6.92 Å². The zero-order valence-corrected chi connectivity index (χ0v) is 12.1. The number of nitriles is 1. The summed E-state index contributed by atoms with van der Waals surface area (Å²) in [5, 5.41) is 9.98. The van der Waals surface area contributed by atoms with Gasteiger partial charge in [-0.25, -0.2) is 0 Å². The van der Waals surface area contributed by atoms with E-state index in [-0.39, 0.29) is 11.3 Å². The first-order chi connectivity index (χ1) is 8.95. The molecule has 1 amide bonds. The van der Waals surface area contributed by atoms with Crippen molar-refractivity contribution in [1.82, 2.24) is 4.90 Å². The summed E-state index contributed by atoms with van der Waals surface area (Å²) in [4.78, 5) is 14.1. The molecule has 19 heavy (non-hydrogen) atoms. The lowest BCUT2D eigenvalue weighted by Crippen LogP contribution is -2.41. The summed E-state index contributed by atoms with van der Waals surface area (Å²) in [6.45, 7) is 3.08. The van der Waals surface area contributed by atoms with Crippen LogP contribution in [-0.4, -0.2) is 23.9 Å². The molecule has 1 heterocycles. The zero-order chi connectivity index (χ0) is 14.0. The minimum Gasteiger partial charge on any atom is -0.338 e. The van der Waals surface area contributed by atoms with Crippen molar-refractivity contribution < 1.29 is 4.79 Å². The van der Waals surface area contributed by atoms with E-state index in [0.29, 0.717) is 41.5 Å². The number of amides is 1. The molecular formula is C14H14Cl2N2O. The molecule has 2 rings (SSSR count). The number of piperidine rings is 1. The van der Waals surface area contributed by atoms with Crippen LogP contribution >= 0.6 is 23.2 Å². The van der Waals surface area contributed by atoms with Gasteiger partial charge in [0.25, 0.3) is 5.91 Å². The predicted octanol–water partition coefficient (Wildman–Crippen LogP) is 3.76. The van der Waals surface area contributed by atoms with Crippen LogP contribution in [0.15, 0.2) is 18.2 Å². The molecule has 1 saturated heterocycles. The first-order valence-electron chi connectivity index (χ1n) is 6.11. The van der Waals surface area contributed by atoms with Gasteiger partial charge >= 0.3 is 0 Å². The average Bonchev–Trinajstić information content (AvgIpc) is 2.42. The van der Waals surface area contributed by atoms with Crippen LogP contribution in [0.4, 0.5) is 0 Å². The highest BCUT2D eigenvalue weighted by molar-refractivity contribution is 6.35. The molecule has 0 N–H and O–H groups in total. The topological polar surface area (TPSA) is 44.1 Å². The summed E-state index contributed by atoms with van der Waals surface area (Å²) in [5.41, 5.74) is 0.101. The fourth-order valence-corrected chi connectivity index (χ4v) is 2.52. The van der Waals surface area contributed by atoms with E-state index in [0.717, 1.165) is 0 Å². The Morgan fingerprint density at radius 1 is 1.37 bits per heavy atom. The van der Waals surface area contributed by atoms with Crippen molar-refractivity contribution in [2.24, 2.45) is 5.41 Å². The zero-order valence-electron chi connectivity index (χ0n) is 10.6. The van der Waals surface area contributed by atoms with E-state index in [2.05, 4.69) is 6.07 Å². The Hall–Kier alpha value is -1.24. The fraction of sp³-hybridized carbons (Fsp3) is 0.429. The van der Waals surface area contributed by atoms with Crippen molar-refractivity contribution in [3.05, 3.63) is 33.8 Å². The maximum atomic E-state index is 12.4. The van der Waals surface area contributed by atoms with Crippen LogP contribution in [-0.2, 0) is 0 Å². The van der Waals surface area contributed by atoms with Crippen LogP contribution in [0.1, 0.15) is 30.1 Å². The monoisotopic (exact) mass is 296 g/mol. The largest absolute Gasteiger partial charge is 0.338 e. The SMILES string of the molecule is CC1(C#N)CCN(C(=O)c2cc(Cl)ccc2Cl)CC1. The van der Waals surface area contributed by atoms with Crippen molar-refractivity contribution in [2.45, 2.75) is 19.8 Å². The van der Waals surface area contributed by atoms with Crippen molar-refractivity contribution >= 4 is 29.1 Å². The lowest BCUT2D eigenvalue weighted by atomic mass is 9.82. The number of rotatable bonds is 1. The van der Waals surface area contributed by atoms with E-state index >= 15 is 0 Å². The average molecular weight is 297 g/mol. The second-order valence-corrected chi connectivity index (χ2v) is 5.93. The van der Waals surface area contributed by atoms with Gasteiger partial charge in [0.15, 0.2) is 0 Å². The molecule has 1 fully saturated rings. The Morgan fingerprint density at radius 2 is 2.00 bits per heavy atom. The molecule has 1 aromatic rings. The van der Waals surface area contributed by atoms with Gasteiger partial charge < -0.3 is 4.90 Å². The Labute approximate surface area is 122 Å². The van der Waals surface area contributed by atoms with Crippen LogP contribution in [0.25, 0.3) is 0 Å². The van der Waals surface area contributed by atoms with Crippen LogP contribution in [0.3, 0.4) is 0 Å². The second kappa shape index (κ2) is 5.40. The highest BCUT2D eigenvalue weighted by Gasteiger charge is 2.32. The lowest BCUT2D eigenvalue weighted by Gasteiger charge is -2.35. The van der Waals surface area contributed by atoms with Gasteiger partial charge in [0.1, 0.15) is 0 Å². The van der Waals surface area contributed by atoms with E-state index in [1.54, 1.807) is 23.1 Å². The summed E-state index contributed by atoms with van der Waals surface area (Å²) in [5.74, 6) is -0.118. The third-order valence-electron chi connectivity index (χ3n) is 3.58. The minimum absolute atomic E-state index is 0.118. The van der Waals surface area contributed by atoms with Gasteiger partial charge in [0, 0.05) is 18.1 Å². The summed E-state index contributed by atoms with van der Waals surface area (Å²) in [7, 11) is 0. The number of carbonyl (C=O) groups is 1. The third kappa shape index (κ3) is 3.02. The summed E-state index contributed by atoms with van der Waals surface area (Å²) >= 11 is 11.9. The Balaban J connectivity index is 2.14. The number of benzene rings is 1. The first kappa shape index (κ1) is 14.2. The third-order valence-corrected chi connectivity index (χ3v) is 4.15. The van der Waals surface area contributed by atoms with E-state index in [1.165, 1.54) is 0 Å². The van der Waals surface area contributed by atoms with Gasteiger partial charge in [-0.15, -0.1) is 0 Å². The summed E-state index contributed by atoms with van der Waals surface area (Å²) < 4.78 is 0. The number of hydrogen-bond acceptors (Lipinski definition) is 2. The van der Waals surface area contributed by atoms with Crippen molar-refractivity contribution in [2.75, 3.05) is 13.1 Å². The molecule has 100 valence electrons. The van der Waals surface area contributed by atoms with Gasteiger partial charge in [-0.2, -0.15) is 5.26 Å². The number of likely N-dealkylation sites (tertiary alicyclic amines) is 1. The normalized spacial score (nSPS) is 17.9. The van der Waals surface area contributed by atoms with Crippen molar-refractivity contribution in [3.8, 4) is 6.07 Å². The number of nitrogens with zero attached hydrogens (tertiary/aromatic N) is 2. The number of carbonyl (C=O) groups excluding carboxylic acids is 1. The molecular weight excluding hydrogens is 283 g/mol. The second-order valence-electron chi connectivity index (χ2n) is 5.09. The molecule has 0 aliphatic carbocycles. The molecule has 5 heteroatoms. The van der Waals surface area contributed by atoms with Crippen LogP contribution in [0, 0.1) is 16.7 Å². The van der Waals surface area contributed by atoms with Gasteiger partial charge in [0.05, 0.1) is 22.1 Å². The highest BCUT2D eigenvalue weighted by Crippen LogP contribution is 2.31. The molecule has 0 spiro atoms. The van der Waals surface area contributed by atoms with Crippen LogP contribution in [0.5, 0.6) is 0 Å². The lowest BCUT2D eigenvalue weighted by molar-refractivity contribution is 0.0662. The van der Waals surface area contributed by atoms with Crippen molar-refractivity contribution in [3.63, 3.8) is 0 Å². The molecule has 1 aliphatic rings. The molecule has 0 aromatic heterocycles. The van der Waals surface area contributed by atoms with Gasteiger partial charge in [-0.3, -0.25) is 4.79 Å². The molecule has 0 bridgehead atoms. The van der Waals surface area contributed by atoms with E-state index in [4.69, 9.17) is 28.5 Å². The predicted molar refractivity (Wildman–Crippen MR) is 75.3 cm³/mol. The molecule has 0 saturated carbocycles. The van der Waals surface area contributed by atoms with Gasteiger partial charge in [-0.05, 0) is 38.0 Å². The Kier molecular flexibility index (Phi) is 4.03. The highest BCUT2D eigenvalue weighted by atomic mass is 35.5. The van der Waals surface area contributed by atoms with Crippen molar-refractivity contribution in [1.29, 1.82) is 5.26 Å². The smallest absolute Gasteiger partial charge is 0.255 e. The minimum atomic E-state index is -0.324. The number of halogens is 2. The summed E-state index contributed by atoms with van der Waals surface area (Å²) in [6.07, 6.45) is 1.38. The van der Waals surface area contributed by atoms with E-state index < -0.39 is 0 Å². The quantitative estimate of drug-likeness (QED) is 0.792. The van der Waals surface area contributed by atoms with Gasteiger partial charge in [-0.1, -0.05) is 23.2 Å². The molecule has 1 aromatic carbocycles. The molecule has 0 atom stereocenters. The Morgan fingerprint density at radius 3 is 2.58 bits per heavy atom. The molecule has 0 radical (unpaired) electrons. The first-order valence-corrected chi connectivity index (χ1v) is 6.86. The Bertz CT molecular complexity index is 543. The fourth-order valence-electron chi connectivity index (χ4n) is 2.15.